The second kappa shape index (κ2) is 7.65. The number of benzene rings is 6. The van der Waals surface area contributed by atoms with Crippen molar-refractivity contribution in [1.29, 1.82) is 0 Å². The predicted octanol–water partition coefficient (Wildman–Crippen LogP) is 10.7. The maximum absolute atomic E-state index is 6.54. The Labute approximate surface area is 247 Å². The molecule has 5 aromatic heterocycles. The molecule has 0 saturated carbocycles. The Morgan fingerprint density at radius 1 is 0.558 bits per heavy atom. The van der Waals surface area contributed by atoms with Gasteiger partial charge in [-0.3, -0.25) is 4.40 Å². The van der Waals surface area contributed by atoms with E-state index in [1.54, 1.807) is 0 Å². The van der Waals surface area contributed by atoms with Crippen molar-refractivity contribution in [2.24, 2.45) is 0 Å². The molecule has 0 fully saturated rings. The Kier molecular flexibility index (Phi) is 3.94. The van der Waals surface area contributed by atoms with Crippen molar-refractivity contribution in [3.05, 3.63) is 115 Å². The zero-order valence-corrected chi connectivity index (χ0v) is 23.4. The first-order valence-electron chi connectivity index (χ1n) is 14.4. The van der Waals surface area contributed by atoms with Gasteiger partial charge in [0.1, 0.15) is 16.7 Å². The van der Waals surface area contributed by atoms with Crippen molar-refractivity contribution in [2.75, 3.05) is 0 Å². The monoisotopic (exact) mass is 565 g/mol. The van der Waals surface area contributed by atoms with E-state index in [1.165, 1.54) is 36.5 Å². The van der Waals surface area contributed by atoms with Crippen LogP contribution in [0.2, 0.25) is 0 Å². The third kappa shape index (κ3) is 2.75. The lowest BCUT2D eigenvalue weighted by atomic mass is 10.0. The normalized spacial score (nSPS) is 12.7. The highest BCUT2D eigenvalue weighted by Crippen LogP contribution is 2.45. The van der Waals surface area contributed by atoms with Gasteiger partial charge in [-0.2, -0.15) is 0 Å². The van der Waals surface area contributed by atoms with Crippen LogP contribution in [-0.2, 0) is 0 Å². The van der Waals surface area contributed by atoms with E-state index in [1.807, 2.05) is 23.5 Å². The van der Waals surface area contributed by atoms with Gasteiger partial charge >= 0.3 is 0 Å². The smallest absolute Gasteiger partial charge is 0.165 e. The van der Waals surface area contributed by atoms with E-state index in [9.17, 15) is 0 Å². The maximum atomic E-state index is 6.54. The van der Waals surface area contributed by atoms with E-state index >= 15 is 0 Å². The largest absolute Gasteiger partial charge is 0.455 e. The zero-order valence-electron chi connectivity index (χ0n) is 22.6. The molecular weight excluding hydrogens is 547 g/mol. The lowest BCUT2D eigenvalue weighted by Crippen LogP contribution is -1.90. The highest BCUT2D eigenvalue weighted by molar-refractivity contribution is 7.25. The average molecular weight is 566 g/mol. The van der Waals surface area contributed by atoms with Crippen LogP contribution in [0.3, 0.4) is 0 Å². The Hall–Kier alpha value is -5.52. The van der Waals surface area contributed by atoms with Gasteiger partial charge < -0.3 is 4.42 Å². The molecule has 0 atom stereocenters. The highest BCUT2D eigenvalue weighted by atomic mass is 32.1. The molecule has 198 valence electrons. The summed E-state index contributed by atoms with van der Waals surface area (Å²) in [5, 5.41) is 8.28. The molecule has 0 bridgehead atoms. The van der Waals surface area contributed by atoms with Crippen LogP contribution in [0.15, 0.2) is 120 Å². The van der Waals surface area contributed by atoms with Crippen molar-refractivity contribution >= 4 is 103 Å². The van der Waals surface area contributed by atoms with Crippen LogP contribution in [0.5, 0.6) is 0 Å². The quantitative estimate of drug-likeness (QED) is 0.199. The number of fused-ring (bicyclic) bond motifs is 14. The van der Waals surface area contributed by atoms with Crippen molar-refractivity contribution in [2.45, 2.75) is 0 Å². The first-order chi connectivity index (χ1) is 21.3. The van der Waals surface area contributed by atoms with Crippen LogP contribution in [0.1, 0.15) is 0 Å². The van der Waals surface area contributed by atoms with Crippen molar-refractivity contribution in [3.63, 3.8) is 0 Å². The highest BCUT2D eigenvalue weighted by Gasteiger charge is 2.24. The van der Waals surface area contributed by atoms with Gasteiger partial charge in [-0.1, -0.05) is 66.7 Å². The van der Waals surface area contributed by atoms with Crippen molar-refractivity contribution in [1.82, 2.24) is 14.4 Å². The minimum absolute atomic E-state index is 0.859. The molecule has 0 radical (unpaired) electrons. The van der Waals surface area contributed by atoms with Crippen molar-refractivity contribution in [3.8, 4) is 11.1 Å². The SMILES string of the molecule is c1ccc2c(c1)oc1c2cc2c3ccccc3n3c4nc5cc(-c6ccc7sc8ccccc8c7c6)ccc5nc4c1c23. The summed E-state index contributed by atoms with van der Waals surface area (Å²) < 4.78 is 11.4. The summed E-state index contributed by atoms with van der Waals surface area (Å²) in [6.07, 6.45) is 0. The van der Waals surface area contributed by atoms with Gasteiger partial charge in [0.2, 0.25) is 0 Å². The maximum Gasteiger partial charge on any atom is 0.165 e. The number of furan rings is 1. The van der Waals surface area contributed by atoms with E-state index in [0.717, 1.165) is 66.1 Å². The Balaban J connectivity index is 1.24. The summed E-state index contributed by atoms with van der Waals surface area (Å²) in [5.74, 6) is 0. The molecule has 43 heavy (non-hydrogen) atoms. The molecule has 0 aliphatic heterocycles. The fraction of sp³-hybridized carbons (Fsp3) is 0. The molecule has 6 aromatic carbocycles. The van der Waals surface area contributed by atoms with Crippen LogP contribution in [-0.4, -0.2) is 14.4 Å². The number of nitrogens with zero attached hydrogens (tertiary/aromatic N) is 3. The zero-order chi connectivity index (χ0) is 27.8. The van der Waals surface area contributed by atoms with E-state index in [-0.39, 0.29) is 0 Å². The predicted molar refractivity (Wildman–Crippen MR) is 180 cm³/mol. The molecule has 11 aromatic rings. The molecule has 5 heterocycles. The molecule has 5 heteroatoms. The van der Waals surface area contributed by atoms with Gasteiger partial charge in [0.15, 0.2) is 5.65 Å². The van der Waals surface area contributed by atoms with Crippen LogP contribution < -0.4 is 0 Å². The van der Waals surface area contributed by atoms with Gasteiger partial charge in [-0.05, 0) is 59.7 Å². The van der Waals surface area contributed by atoms with Crippen LogP contribution >= 0.6 is 11.3 Å². The topological polar surface area (TPSA) is 43.3 Å². The number of aromatic nitrogens is 3. The third-order valence-corrected chi connectivity index (χ3v) is 10.3. The minimum Gasteiger partial charge on any atom is -0.455 e. The Morgan fingerprint density at radius 3 is 2.28 bits per heavy atom. The van der Waals surface area contributed by atoms with Crippen LogP contribution in [0.4, 0.5) is 0 Å². The fourth-order valence-electron chi connectivity index (χ4n) is 7.20. The number of rotatable bonds is 1. The van der Waals surface area contributed by atoms with E-state index in [4.69, 9.17) is 14.4 Å². The van der Waals surface area contributed by atoms with Crippen LogP contribution in [0.25, 0.3) is 103 Å². The van der Waals surface area contributed by atoms with E-state index in [0.29, 0.717) is 0 Å². The standard InChI is InChI=1S/C38H19N3OS/c1-4-10-30-22(7-1)26-19-27-23-8-2-5-11-31(23)42-37(27)34-35-38(41(30)36(26)34)40-29-18-21(13-15-28(29)39-35)20-14-16-33-25(17-20)24-9-3-6-12-32(24)43-33/h1-19H. The van der Waals surface area contributed by atoms with Crippen LogP contribution in [0, 0.1) is 0 Å². The third-order valence-electron chi connectivity index (χ3n) is 9.10. The number of hydrogen-bond donors (Lipinski definition) is 0. The van der Waals surface area contributed by atoms with Crippen molar-refractivity contribution < 1.29 is 4.42 Å². The second-order valence-electron chi connectivity index (χ2n) is 11.4. The molecule has 0 unspecified atom stereocenters. The summed E-state index contributed by atoms with van der Waals surface area (Å²) in [4.78, 5) is 10.6. The van der Waals surface area contributed by atoms with Gasteiger partial charge in [0.05, 0.1) is 27.5 Å². The van der Waals surface area contributed by atoms with Gasteiger partial charge in [-0.25, -0.2) is 9.97 Å². The molecule has 0 spiro atoms. The Morgan fingerprint density at radius 2 is 1.33 bits per heavy atom. The molecule has 4 nitrogen and oxygen atoms in total. The molecule has 0 aliphatic rings. The van der Waals surface area contributed by atoms with Gasteiger partial charge in [0.25, 0.3) is 0 Å². The lowest BCUT2D eigenvalue weighted by molar-refractivity contribution is 0.673. The van der Waals surface area contributed by atoms with E-state index < -0.39 is 0 Å². The molecule has 0 aliphatic carbocycles. The number of para-hydroxylation sites is 2. The first kappa shape index (κ1) is 22.1. The molecule has 11 rings (SSSR count). The second-order valence-corrected chi connectivity index (χ2v) is 12.5. The molecule has 0 N–H and O–H groups in total. The molecule has 0 amide bonds. The van der Waals surface area contributed by atoms with E-state index in [2.05, 4.69) is 108 Å². The summed E-state index contributed by atoms with van der Waals surface area (Å²) in [5.41, 5.74) is 9.82. The minimum atomic E-state index is 0.859. The fourth-order valence-corrected chi connectivity index (χ4v) is 8.28. The number of thiophene rings is 1. The first-order valence-corrected chi connectivity index (χ1v) is 15.2. The Bertz CT molecular complexity index is 2960. The molecular formula is C38H19N3OS. The number of hydrogen-bond acceptors (Lipinski definition) is 4. The van der Waals surface area contributed by atoms with Gasteiger partial charge in [0, 0.05) is 41.7 Å². The lowest BCUT2D eigenvalue weighted by Gasteiger charge is -2.05. The summed E-state index contributed by atoms with van der Waals surface area (Å²) in [6.45, 7) is 0. The summed E-state index contributed by atoms with van der Waals surface area (Å²) in [6, 6.07) is 41.0. The summed E-state index contributed by atoms with van der Waals surface area (Å²) in [7, 11) is 0. The van der Waals surface area contributed by atoms with Gasteiger partial charge in [-0.15, -0.1) is 11.3 Å². The molecule has 0 saturated heterocycles. The summed E-state index contributed by atoms with van der Waals surface area (Å²) >= 11 is 1.84. The average Bonchev–Trinajstić information content (AvgIpc) is 3.79.